The molecule has 0 atom stereocenters. The molecule has 0 radical (unpaired) electrons. The number of nitrogens with zero attached hydrogens (tertiary/aromatic N) is 2. The number of rotatable bonds is 15. The van der Waals surface area contributed by atoms with Crippen molar-refractivity contribution in [3.05, 3.63) is 0 Å². The monoisotopic (exact) mass is 330 g/mol. The first-order valence-corrected chi connectivity index (χ1v) is 9.46. The van der Waals surface area contributed by atoms with E-state index in [4.69, 9.17) is 5.26 Å². The van der Waals surface area contributed by atoms with Crippen molar-refractivity contribution >= 4 is 0 Å². The molecule has 0 unspecified atom stereocenters. The normalized spacial score (nSPS) is 11.0. The van der Waals surface area contributed by atoms with Crippen molar-refractivity contribution in [1.82, 2.24) is 0 Å². The Balaban J connectivity index is 0. The van der Waals surface area contributed by atoms with Crippen LogP contribution in [0.25, 0.3) is 0 Å². The van der Waals surface area contributed by atoms with Crippen molar-refractivity contribution in [3.8, 4) is 6.07 Å². The molecule has 0 heterocycles. The largest absolute Gasteiger partial charge is 1.00 e. The maximum absolute atomic E-state index is 8.81. The fourth-order valence-corrected chi connectivity index (χ4v) is 3.19. The number of nitriles is 1. The summed E-state index contributed by atoms with van der Waals surface area (Å²) in [6.45, 7) is 11.5. The third-order valence-electron chi connectivity index (χ3n) is 5.03. The molecule has 0 aliphatic rings. The standard InChI is InChI=1S/C19H39N2.ClH/c1-4-7-8-9-10-11-12-13-14-15-18-21(5-2,6-3)19-16-17-20;/h4-16,18-19H2,1-3H3;1H/q+1;/p-1. The maximum atomic E-state index is 8.81. The first-order chi connectivity index (χ1) is 10.2. The molecular formula is C19H39ClN2. The molecule has 0 bridgehead atoms. The van der Waals surface area contributed by atoms with Gasteiger partial charge in [0.15, 0.2) is 0 Å². The zero-order chi connectivity index (χ0) is 15.8. The van der Waals surface area contributed by atoms with Gasteiger partial charge >= 0.3 is 0 Å². The Morgan fingerprint density at radius 1 is 0.682 bits per heavy atom. The Morgan fingerprint density at radius 3 is 1.55 bits per heavy atom. The maximum Gasteiger partial charge on any atom is 0.0918 e. The highest BCUT2D eigenvalue weighted by Crippen LogP contribution is 2.14. The molecule has 132 valence electrons. The van der Waals surface area contributed by atoms with Crippen molar-refractivity contribution in [2.24, 2.45) is 0 Å². The number of hydrogen-bond donors (Lipinski definition) is 0. The van der Waals surface area contributed by atoms with Gasteiger partial charge in [-0.25, -0.2) is 0 Å². The number of quaternary nitrogens is 1. The lowest BCUT2D eigenvalue weighted by molar-refractivity contribution is -0.924. The van der Waals surface area contributed by atoms with Crippen LogP contribution < -0.4 is 12.4 Å². The molecule has 0 aromatic carbocycles. The molecule has 0 aliphatic heterocycles. The van der Waals surface area contributed by atoms with Crippen LogP contribution in [0, 0.1) is 11.3 Å². The van der Waals surface area contributed by atoms with Crippen LogP contribution in [0.3, 0.4) is 0 Å². The minimum absolute atomic E-state index is 0. The smallest absolute Gasteiger partial charge is 0.0918 e. The van der Waals surface area contributed by atoms with Crippen LogP contribution in [0.2, 0.25) is 0 Å². The summed E-state index contributed by atoms with van der Waals surface area (Å²) in [7, 11) is 0. The average Bonchev–Trinajstić information content (AvgIpc) is 2.52. The van der Waals surface area contributed by atoms with Crippen molar-refractivity contribution in [2.45, 2.75) is 91.4 Å². The minimum atomic E-state index is 0. The van der Waals surface area contributed by atoms with E-state index in [0.29, 0.717) is 6.42 Å². The predicted molar refractivity (Wildman–Crippen MR) is 93.2 cm³/mol. The van der Waals surface area contributed by atoms with Gasteiger partial charge < -0.3 is 16.9 Å². The first kappa shape index (κ1) is 24.0. The summed E-state index contributed by atoms with van der Waals surface area (Å²) in [4.78, 5) is 0. The van der Waals surface area contributed by atoms with E-state index >= 15 is 0 Å². The third-order valence-corrected chi connectivity index (χ3v) is 5.03. The lowest BCUT2D eigenvalue weighted by Crippen LogP contribution is -3.00. The molecule has 0 saturated carbocycles. The molecule has 0 N–H and O–H groups in total. The molecule has 0 rings (SSSR count). The van der Waals surface area contributed by atoms with E-state index in [2.05, 4.69) is 26.8 Å². The fourth-order valence-electron chi connectivity index (χ4n) is 3.19. The summed E-state index contributed by atoms with van der Waals surface area (Å²) < 4.78 is 1.14. The number of unbranched alkanes of at least 4 members (excludes halogenated alkanes) is 9. The Hall–Kier alpha value is -0.260. The van der Waals surface area contributed by atoms with E-state index in [9.17, 15) is 0 Å². The lowest BCUT2D eigenvalue weighted by atomic mass is 10.1. The Kier molecular flexibility index (Phi) is 18.7. The van der Waals surface area contributed by atoms with Crippen LogP contribution in [-0.4, -0.2) is 30.7 Å². The van der Waals surface area contributed by atoms with Crippen LogP contribution in [0.1, 0.15) is 91.4 Å². The van der Waals surface area contributed by atoms with Crippen molar-refractivity contribution in [1.29, 1.82) is 5.26 Å². The van der Waals surface area contributed by atoms with Crippen molar-refractivity contribution < 1.29 is 16.9 Å². The van der Waals surface area contributed by atoms with Gasteiger partial charge in [0.2, 0.25) is 0 Å². The summed E-state index contributed by atoms with van der Waals surface area (Å²) in [5.74, 6) is 0. The van der Waals surface area contributed by atoms with Gasteiger partial charge in [-0.05, 0) is 26.7 Å². The Labute approximate surface area is 146 Å². The highest BCUT2D eigenvalue weighted by molar-refractivity contribution is 4.68. The molecule has 0 amide bonds. The van der Waals surface area contributed by atoms with Crippen LogP contribution in [0.5, 0.6) is 0 Å². The Bertz CT molecular complexity index is 257. The Morgan fingerprint density at radius 2 is 1.14 bits per heavy atom. The molecule has 0 fully saturated rings. The predicted octanol–water partition coefficient (Wildman–Crippen LogP) is 2.68. The van der Waals surface area contributed by atoms with Gasteiger partial charge in [0, 0.05) is 0 Å². The average molecular weight is 331 g/mol. The molecule has 22 heavy (non-hydrogen) atoms. The number of hydrogen-bond acceptors (Lipinski definition) is 1. The summed E-state index contributed by atoms with van der Waals surface area (Å²) >= 11 is 0. The van der Waals surface area contributed by atoms with Crippen LogP contribution >= 0.6 is 0 Å². The van der Waals surface area contributed by atoms with Gasteiger partial charge in [-0.2, -0.15) is 5.26 Å². The SMILES string of the molecule is CCCCCCCCCCCC[N+](CC)(CC)CCC#N.[Cl-]. The van der Waals surface area contributed by atoms with Crippen molar-refractivity contribution in [2.75, 3.05) is 26.2 Å². The van der Waals surface area contributed by atoms with Gasteiger partial charge in [-0.1, -0.05) is 58.3 Å². The van der Waals surface area contributed by atoms with E-state index in [1.54, 1.807) is 0 Å². The topological polar surface area (TPSA) is 23.8 Å². The van der Waals surface area contributed by atoms with Crippen molar-refractivity contribution in [3.63, 3.8) is 0 Å². The summed E-state index contributed by atoms with van der Waals surface area (Å²) in [6.07, 6.45) is 14.7. The highest BCUT2D eigenvalue weighted by Gasteiger charge is 2.21. The molecule has 2 nitrogen and oxygen atoms in total. The molecular weight excluding hydrogens is 292 g/mol. The zero-order valence-corrected chi connectivity index (χ0v) is 16.1. The van der Waals surface area contributed by atoms with E-state index in [-0.39, 0.29) is 12.4 Å². The molecule has 0 saturated heterocycles. The second kappa shape index (κ2) is 17.1. The van der Waals surface area contributed by atoms with E-state index in [1.165, 1.54) is 83.8 Å². The van der Waals surface area contributed by atoms with Gasteiger partial charge in [0.05, 0.1) is 38.7 Å². The fraction of sp³-hybridized carbons (Fsp3) is 0.947. The molecule has 0 aromatic rings. The van der Waals surface area contributed by atoms with Crippen LogP contribution in [0.4, 0.5) is 0 Å². The minimum Gasteiger partial charge on any atom is -1.00 e. The summed E-state index contributed by atoms with van der Waals surface area (Å²) in [5, 5.41) is 8.81. The van der Waals surface area contributed by atoms with Gasteiger partial charge in [-0.15, -0.1) is 0 Å². The van der Waals surface area contributed by atoms with Crippen LogP contribution in [-0.2, 0) is 0 Å². The second-order valence-corrected chi connectivity index (χ2v) is 6.51. The zero-order valence-electron chi connectivity index (χ0n) is 15.4. The molecule has 0 spiro atoms. The lowest BCUT2D eigenvalue weighted by Gasteiger charge is -2.36. The quantitative estimate of drug-likeness (QED) is 0.334. The van der Waals surface area contributed by atoms with E-state index in [1.807, 2.05) is 0 Å². The van der Waals surface area contributed by atoms with Gasteiger partial charge in [-0.3, -0.25) is 0 Å². The molecule has 0 aliphatic carbocycles. The van der Waals surface area contributed by atoms with Gasteiger partial charge in [0.1, 0.15) is 0 Å². The van der Waals surface area contributed by atoms with E-state index in [0.717, 1.165) is 11.0 Å². The van der Waals surface area contributed by atoms with E-state index < -0.39 is 0 Å². The van der Waals surface area contributed by atoms with Crippen LogP contribution in [0.15, 0.2) is 0 Å². The first-order valence-electron chi connectivity index (χ1n) is 9.46. The molecule has 3 heteroatoms. The molecule has 0 aromatic heterocycles. The summed E-state index contributed by atoms with van der Waals surface area (Å²) in [6, 6.07) is 2.32. The third kappa shape index (κ3) is 12.3. The number of halogens is 1. The van der Waals surface area contributed by atoms with Gasteiger partial charge in [0.25, 0.3) is 0 Å². The summed E-state index contributed by atoms with van der Waals surface area (Å²) in [5.41, 5.74) is 0. The highest BCUT2D eigenvalue weighted by atomic mass is 35.5. The second-order valence-electron chi connectivity index (χ2n) is 6.51.